The van der Waals surface area contributed by atoms with Gasteiger partial charge in [-0.2, -0.15) is 4.73 Å². The molecule has 1 aromatic carbocycles. The minimum absolute atomic E-state index is 0.176. The molecule has 0 atom stereocenters. The zero-order valence-corrected chi connectivity index (χ0v) is 18.1. The summed E-state index contributed by atoms with van der Waals surface area (Å²) in [7, 11) is 0. The number of ether oxygens (including phenoxy) is 2. The van der Waals surface area contributed by atoms with Crippen LogP contribution in [0, 0.1) is 11.1 Å². The number of halogens is 1. The zero-order chi connectivity index (χ0) is 23.7. The lowest BCUT2D eigenvalue weighted by molar-refractivity contribution is -0.606. The fourth-order valence-corrected chi connectivity index (χ4v) is 4.61. The highest BCUT2D eigenvalue weighted by Crippen LogP contribution is 2.47. The number of anilines is 1. The highest BCUT2D eigenvalue weighted by Gasteiger charge is 2.50. The first-order valence-corrected chi connectivity index (χ1v) is 10.9. The van der Waals surface area contributed by atoms with Gasteiger partial charge in [-0.25, -0.2) is 19.2 Å². The summed E-state index contributed by atoms with van der Waals surface area (Å²) in [5.41, 5.74) is 1.60. The number of aromatic nitrogens is 3. The number of alkyl halides is 1. The van der Waals surface area contributed by atoms with Crippen LogP contribution in [0.25, 0.3) is 11.1 Å². The Morgan fingerprint density at radius 1 is 1.24 bits per heavy atom. The summed E-state index contributed by atoms with van der Waals surface area (Å²) in [4.78, 5) is 33.5. The molecule has 1 fully saturated rings. The quantitative estimate of drug-likeness (QED) is 0.350. The Balaban J connectivity index is 1.22. The van der Waals surface area contributed by atoms with E-state index < -0.39 is 18.4 Å². The SMILES string of the molecule is O=C1O[C@]2(CC[C@@H](C(=O)Nc3ncc(-c4cccc(OCF)c4)cn3)CC2)c2c[n+]([O-])ccc21. The van der Waals surface area contributed by atoms with Crippen LogP contribution in [0.5, 0.6) is 5.75 Å². The average molecular weight is 464 g/mol. The van der Waals surface area contributed by atoms with Crippen LogP contribution in [-0.2, 0) is 15.1 Å². The predicted molar refractivity (Wildman–Crippen MR) is 117 cm³/mol. The fraction of sp³-hybridized carbons (Fsp3) is 0.292. The number of hydrogen-bond acceptors (Lipinski definition) is 7. The molecule has 9 nitrogen and oxygen atoms in total. The van der Waals surface area contributed by atoms with Crippen LogP contribution in [0.2, 0.25) is 0 Å². The van der Waals surface area contributed by atoms with Gasteiger partial charge in [0.1, 0.15) is 11.4 Å². The molecule has 0 unspecified atom stereocenters. The van der Waals surface area contributed by atoms with Gasteiger partial charge >= 0.3 is 5.97 Å². The third-order valence-electron chi connectivity index (χ3n) is 6.37. The molecule has 10 heteroatoms. The van der Waals surface area contributed by atoms with Crippen molar-refractivity contribution in [3.05, 3.63) is 71.5 Å². The highest BCUT2D eigenvalue weighted by atomic mass is 19.1. The van der Waals surface area contributed by atoms with Gasteiger partial charge in [-0.15, -0.1) is 0 Å². The number of nitrogens with one attached hydrogen (secondary N) is 1. The minimum atomic E-state index is -0.916. The van der Waals surface area contributed by atoms with Crippen LogP contribution in [0.3, 0.4) is 0 Å². The van der Waals surface area contributed by atoms with Crippen molar-refractivity contribution in [2.75, 3.05) is 12.2 Å². The molecule has 5 rings (SSSR count). The fourth-order valence-electron chi connectivity index (χ4n) is 4.61. The number of carbonyl (C=O) groups excluding carboxylic acids is 2. The number of pyridine rings is 1. The first kappa shape index (κ1) is 21.7. The number of amides is 1. The van der Waals surface area contributed by atoms with Gasteiger partial charge in [0, 0.05) is 29.9 Å². The second-order valence-electron chi connectivity index (χ2n) is 8.36. The summed E-state index contributed by atoms with van der Waals surface area (Å²) in [5, 5.41) is 14.5. The van der Waals surface area contributed by atoms with Gasteiger partial charge < -0.3 is 14.7 Å². The summed E-state index contributed by atoms with van der Waals surface area (Å²) in [6.45, 7) is -0.916. The Kier molecular flexibility index (Phi) is 5.56. The Morgan fingerprint density at radius 2 is 2.00 bits per heavy atom. The van der Waals surface area contributed by atoms with Gasteiger partial charge in [0.15, 0.2) is 12.4 Å². The third-order valence-corrected chi connectivity index (χ3v) is 6.37. The van der Waals surface area contributed by atoms with Crippen molar-refractivity contribution >= 4 is 17.8 Å². The summed E-state index contributed by atoms with van der Waals surface area (Å²) in [5.74, 6) is -0.371. The number of carbonyl (C=O) groups is 2. The zero-order valence-electron chi connectivity index (χ0n) is 18.1. The van der Waals surface area contributed by atoms with E-state index in [2.05, 4.69) is 15.3 Å². The van der Waals surface area contributed by atoms with Crippen LogP contribution < -0.4 is 14.8 Å². The Morgan fingerprint density at radius 3 is 2.74 bits per heavy atom. The molecule has 1 saturated carbocycles. The molecule has 174 valence electrons. The van der Waals surface area contributed by atoms with E-state index in [1.165, 1.54) is 18.5 Å². The Labute approximate surface area is 194 Å². The predicted octanol–water partition coefficient (Wildman–Crippen LogP) is 3.28. The van der Waals surface area contributed by atoms with Gasteiger partial charge in [0.05, 0.1) is 11.1 Å². The summed E-state index contributed by atoms with van der Waals surface area (Å²) in [6.07, 6.45) is 7.68. The van der Waals surface area contributed by atoms with Gasteiger partial charge in [0.2, 0.25) is 18.7 Å². The van der Waals surface area contributed by atoms with Gasteiger partial charge in [-0.3, -0.25) is 10.1 Å². The number of fused-ring (bicyclic) bond motifs is 2. The van der Waals surface area contributed by atoms with Crippen molar-refractivity contribution in [1.82, 2.24) is 9.97 Å². The minimum Gasteiger partial charge on any atom is -0.619 e. The molecule has 1 amide bonds. The van der Waals surface area contributed by atoms with Gasteiger partial charge in [-0.1, -0.05) is 12.1 Å². The number of hydrogen-bond donors (Lipinski definition) is 1. The molecule has 3 heterocycles. The van der Waals surface area contributed by atoms with Crippen molar-refractivity contribution in [2.45, 2.75) is 31.3 Å². The smallest absolute Gasteiger partial charge is 0.339 e. The van der Waals surface area contributed by atoms with Crippen molar-refractivity contribution in [3.8, 4) is 16.9 Å². The molecule has 1 aliphatic carbocycles. The first-order valence-electron chi connectivity index (χ1n) is 10.9. The van der Waals surface area contributed by atoms with Crippen LogP contribution in [0.4, 0.5) is 10.3 Å². The van der Waals surface area contributed by atoms with Crippen LogP contribution in [-0.4, -0.2) is 28.7 Å². The molecule has 1 N–H and O–H groups in total. The number of rotatable bonds is 5. The van der Waals surface area contributed by atoms with E-state index in [4.69, 9.17) is 9.47 Å². The van der Waals surface area contributed by atoms with E-state index in [-0.39, 0.29) is 17.8 Å². The average Bonchev–Trinajstić information content (AvgIpc) is 3.10. The largest absolute Gasteiger partial charge is 0.619 e. The van der Waals surface area contributed by atoms with E-state index in [9.17, 15) is 19.2 Å². The topological polar surface area (TPSA) is 117 Å². The Hall–Kier alpha value is -4.08. The molecular weight excluding hydrogens is 443 g/mol. The van der Waals surface area contributed by atoms with E-state index in [1.807, 2.05) is 6.07 Å². The maximum atomic E-state index is 12.8. The standard InChI is InChI=1S/C24H21FN4O5/c25-14-33-18-3-1-2-16(10-18)17-11-26-23(27-12-17)28-21(30)15-4-7-24(8-5-15)20-13-29(32)9-6-19(20)22(31)34-24/h1-3,6,9-13,15H,4-5,7-8,14H2,(H,26,27,28,30)/t15-,24+. The van der Waals surface area contributed by atoms with Crippen LogP contribution in [0.1, 0.15) is 41.6 Å². The summed E-state index contributed by atoms with van der Waals surface area (Å²) >= 11 is 0. The third kappa shape index (κ3) is 4.02. The summed E-state index contributed by atoms with van der Waals surface area (Å²) in [6, 6.07) is 8.36. The number of nitrogens with zero attached hydrogens (tertiary/aromatic N) is 3. The van der Waals surface area contributed by atoms with Gasteiger partial charge in [-0.05, 0) is 43.4 Å². The normalized spacial score (nSPS) is 21.1. The lowest BCUT2D eigenvalue weighted by Gasteiger charge is -2.35. The number of esters is 1. The van der Waals surface area contributed by atoms with E-state index >= 15 is 0 Å². The number of benzene rings is 1. The lowest BCUT2D eigenvalue weighted by atomic mass is 9.75. The summed E-state index contributed by atoms with van der Waals surface area (Å²) < 4.78 is 23.6. The molecule has 1 aliphatic heterocycles. The molecule has 3 aromatic rings. The van der Waals surface area contributed by atoms with Gasteiger partial charge in [0.25, 0.3) is 0 Å². The maximum absolute atomic E-state index is 12.8. The van der Waals surface area contributed by atoms with E-state index in [0.717, 1.165) is 5.56 Å². The van der Waals surface area contributed by atoms with E-state index in [0.29, 0.717) is 52.9 Å². The molecule has 0 radical (unpaired) electrons. The molecule has 2 aromatic heterocycles. The van der Waals surface area contributed by atoms with Crippen molar-refractivity contribution in [1.29, 1.82) is 0 Å². The highest BCUT2D eigenvalue weighted by molar-refractivity contribution is 5.94. The lowest BCUT2D eigenvalue weighted by Crippen LogP contribution is -2.37. The van der Waals surface area contributed by atoms with Crippen LogP contribution in [0.15, 0.2) is 55.1 Å². The molecule has 1 spiro atoms. The molecule has 0 saturated heterocycles. The van der Waals surface area contributed by atoms with E-state index in [1.54, 1.807) is 30.6 Å². The molecule has 2 aliphatic rings. The van der Waals surface area contributed by atoms with Crippen LogP contribution >= 0.6 is 0 Å². The second kappa shape index (κ2) is 8.69. The molecule has 0 bridgehead atoms. The maximum Gasteiger partial charge on any atom is 0.339 e. The molecular formula is C24H21FN4O5. The monoisotopic (exact) mass is 464 g/mol. The van der Waals surface area contributed by atoms with Crippen molar-refractivity contribution in [3.63, 3.8) is 0 Å². The second-order valence-corrected chi connectivity index (χ2v) is 8.36. The van der Waals surface area contributed by atoms with Crippen molar-refractivity contribution < 1.29 is 28.2 Å². The Bertz CT molecular complexity index is 1240. The molecule has 34 heavy (non-hydrogen) atoms. The first-order chi connectivity index (χ1) is 16.5. The van der Waals surface area contributed by atoms with Crippen molar-refractivity contribution in [2.24, 2.45) is 5.92 Å².